The van der Waals surface area contributed by atoms with Gasteiger partial charge in [-0.15, -0.1) is 0 Å². The molecule has 0 N–H and O–H groups in total. The number of benzene rings is 1. The molecule has 0 heterocycles. The summed E-state index contributed by atoms with van der Waals surface area (Å²) in [7, 11) is 0. The number of allylic oxidation sites excluding steroid dienone is 3. The monoisotopic (exact) mass is 144 g/mol. The largest absolute Gasteiger partial charge is 0.0985 e. The molecule has 0 atom stereocenters. The van der Waals surface area contributed by atoms with Gasteiger partial charge in [-0.25, -0.2) is 0 Å². The maximum atomic E-state index is 3.74. The molecule has 1 rings (SSSR count). The summed E-state index contributed by atoms with van der Waals surface area (Å²) >= 11 is 0. The van der Waals surface area contributed by atoms with Crippen molar-refractivity contribution in [2.24, 2.45) is 0 Å². The second-order valence-corrected chi connectivity index (χ2v) is 2.31. The molecule has 0 nitrogen and oxygen atoms in total. The van der Waals surface area contributed by atoms with Gasteiger partial charge in [0.05, 0.1) is 0 Å². The molecule has 0 fully saturated rings. The van der Waals surface area contributed by atoms with Crippen LogP contribution in [0.1, 0.15) is 12.5 Å². The molecule has 1 aromatic carbocycles. The highest BCUT2D eigenvalue weighted by molar-refractivity contribution is 5.72. The summed E-state index contributed by atoms with van der Waals surface area (Å²) in [4.78, 5) is 0. The summed E-state index contributed by atoms with van der Waals surface area (Å²) in [6, 6.07) is 10.2. The van der Waals surface area contributed by atoms with E-state index in [4.69, 9.17) is 0 Å². The summed E-state index contributed by atoms with van der Waals surface area (Å²) in [5.41, 5.74) is 2.41. The van der Waals surface area contributed by atoms with Crippen molar-refractivity contribution in [1.29, 1.82) is 0 Å². The summed E-state index contributed by atoms with van der Waals surface area (Å²) < 4.78 is 0. The van der Waals surface area contributed by atoms with Gasteiger partial charge in [0.25, 0.3) is 0 Å². The lowest BCUT2D eigenvalue weighted by molar-refractivity contribution is 1.60. The normalized spacial score (nSPS) is 11.2. The van der Waals surface area contributed by atoms with Crippen LogP contribution in [0.2, 0.25) is 0 Å². The van der Waals surface area contributed by atoms with E-state index in [0.29, 0.717) is 0 Å². The van der Waals surface area contributed by atoms with Crippen LogP contribution in [-0.2, 0) is 0 Å². The van der Waals surface area contributed by atoms with Crippen molar-refractivity contribution < 1.29 is 0 Å². The fourth-order valence-corrected chi connectivity index (χ4v) is 1.03. The molecular weight excluding hydrogens is 132 g/mol. The van der Waals surface area contributed by atoms with Gasteiger partial charge in [-0.2, -0.15) is 0 Å². The Morgan fingerprint density at radius 3 is 2.36 bits per heavy atom. The van der Waals surface area contributed by atoms with Gasteiger partial charge in [-0.05, 0) is 18.1 Å². The third-order valence-electron chi connectivity index (χ3n) is 1.64. The topological polar surface area (TPSA) is 0 Å². The maximum absolute atomic E-state index is 3.74. The predicted octanol–water partition coefficient (Wildman–Crippen LogP) is 3.28. The average Bonchev–Trinajstić information content (AvgIpc) is 2.09. The molecule has 0 aliphatic heterocycles. The summed E-state index contributed by atoms with van der Waals surface area (Å²) in [5, 5.41) is 0. The number of rotatable bonds is 2. The molecule has 0 spiro atoms. The van der Waals surface area contributed by atoms with Crippen LogP contribution in [0.3, 0.4) is 0 Å². The summed E-state index contributed by atoms with van der Waals surface area (Å²) in [6.07, 6.45) is 3.93. The van der Waals surface area contributed by atoms with Crippen molar-refractivity contribution in [3.8, 4) is 0 Å². The molecule has 56 valence electrons. The van der Waals surface area contributed by atoms with Crippen LogP contribution in [0.15, 0.2) is 49.1 Å². The van der Waals surface area contributed by atoms with Gasteiger partial charge >= 0.3 is 0 Å². The first kappa shape index (κ1) is 7.80. The Morgan fingerprint density at radius 1 is 1.27 bits per heavy atom. The smallest absolute Gasteiger partial charge is 0.0188 e. The highest BCUT2D eigenvalue weighted by Gasteiger charge is 1.91. The zero-order valence-electron chi connectivity index (χ0n) is 6.75. The van der Waals surface area contributed by atoms with E-state index < -0.39 is 0 Å². The molecule has 0 heteroatoms. The Morgan fingerprint density at radius 2 is 1.91 bits per heavy atom. The minimum absolute atomic E-state index is 1.19. The molecule has 0 aliphatic rings. The Balaban J connectivity index is 3.01. The fourth-order valence-electron chi connectivity index (χ4n) is 1.03. The van der Waals surface area contributed by atoms with Crippen LogP contribution in [-0.4, -0.2) is 0 Å². The first-order chi connectivity index (χ1) is 5.38. The molecule has 0 unspecified atom stereocenters. The van der Waals surface area contributed by atoms with Gasteiger partial charge in [0, 0.05) is 0 Å². The van der Waals surface area contributed by atoms with E-state index in [1.807, 2.05) is 31.2 Å². The summed E-state index contributed by atoms with van der Waals surface area (Å²) in [5.74, 6) is 0. The minimum Gasteiger partial charge on any atom is -0.0985 e. The molecule has 0 aromatic heterocycles. The van der Waals surface area contributed by atoms with Crippen molar-refractivity contribution in [3.05, 3.63) is 54.6 Å². The highest BCUT2D eigenvalue weighted by Crippen LogP contribution is 2.13. The predicted molar refractivity (Wildman–Crippen MR) is 50.3 cm³/mol. The first-order valence-corrected chi connectivity index (χ1v) is 3.72. The van der Waals surface area contributed by atoms with Gasteiger partial charge < -0.3 is 0 Å². The Bertz CT molecular complexity index is 255. The molecule has 0 aliphatic carbocycles. The summed E-state index contributed by atoms with van der Waals surface area (Å²) in [6.45, 7) is 5.76. The lowest BCUT2D eigenvalue weighted by Gasteiger charge is -1.98. The zero-order valence-corrected chi connectivity index (χ0v) is 6.75. The average molecular weight is 144 g/mol. The molecule has 1 aromatic rings. The van der Waals surface area contributed by atoms with Crippen molar-refractivity contribution in [2.45, 2.75) is 6.92 Å². The van der Waals surface area contributed by atoms with Crippen molar-refractivity contribution in [2.75, 3.05) is 0 Å². The lowest BCUT2D eigenvalue weighted by atomic mass is 10.1. The second kappa shape index (κ2) is 3.77. The van der Waals surface area contributed by atoms with Crippen LogP contribution in [0, 0.1) is 0 Å². The van der Waals surface area contributed by atoms with Crippen LogP contribution < -0.4 is 0 Å². The van der Waals surface area contributed by atoms with Gasteiger partial charge in [0.1, 0.15) is 0 Å². The van der Waals surface area contributed by atoms with E-state index in [2.05, 4.69) is 24.8 Å². The van der Waals surface area contributed by atoms with Gasteiger partial charge in [0.15, 0.2) is 0 Å². The Hall–Kier alpha value is -1.30. The molecule has 0 bridgehead atoms. The van der Waals surface area contributed by atoms with Crippen LogP contribution in [0.4, 0.5) is 0 Å². The number of hydrogen-bond acceptors (Lipinski definition) is 0. The van der Waals surface area contributed by atoms with Crippen molar-refractivity contribution in [1.82, 2.24) is 0 Å². The third kappa shape index (κ3) is 1.81. The SMILES string of the molecule is C=C/C(=C/C)c1ccccc1. The maximum Gasteiger partial charge on any atom is -0.0188 e. The van der Waals surface area contributed by atoms with Gasteiger partial charge in [-0.3, -0.25) is 0 Å². The van der Waals surface area contributed by atoms with Crippen molar-refractivity contribution >= 4 is 5.57 Å². The van der Waals surface area contributed by atoms with E-state index >= 15 is 0 Å². The quantitative estimate of drug-likeness (QED) is 0.559. The van der Waals surface area contributed by atoms with Gasteiger partial charge in [0.2, 0.25) is 0 Å². The van der Waals surface area contributed by atoms with Crippen LogP contribution >= 0.6 is 0 Å². The van der Waals surface area contributed by atoms with Crippen molar-refractivity contribution in [3.63, 3.8) is 0 Å². The molecule has 0 amide bonds. The zero-order chi connectivity index (χ0) is 8.10. The third-order valence-corrected chi connectivity index (χ3v) is 1.64. The number of hydrogen-bond donors (Lipinski definition) is 0. The highest BCUT2D eigenvalue weighted by atomic mass is 14.0. The minimum atomic E-state index is 1.19. The molecule has 0 saturated heterocycles. The van der Waals surface area contributed by atoms with E-state index in [1.54, 1.807) is 0 Å². The fraction of sp³-hybridized carbons (Fsp3) is 0.0909. The molecule has 0 radical (unpaired) electrons. The Kier molecular flexibility index (Phi) is 2.67. The van der Waals surface area contributed by atoms with E-state index in [1.165, 1.54) is 11.1 Å². The standard InChI is InChI=1S/C11H12/c1-3-10(4-2)11-8-6-5-7-9-11/h3-9H,1H2,2H3/b10-4-. The van der Waals surface area contributed by atoms with Crippen LogP contribution in [0.25, 0.3) is 5.57 Å². The first-order valence-electron chi connectivity index (χ1n) is 3.72. The molecule has 11 heavy (non-hydrogen) atoms. The van der Waals surface area contributed by atoms with E-state index in [0.717, 1.165) is 0 Å². The Labute approximate surface area is 67.9 Å². The van der Waals surface area contributed by atoms with E-state index in [9.17, 15) is 0 Å². The van der Waals surface area contributed by atoms with Crippen LogP contribution in [0.5, 0.6) is 0 Å². The second-order valence-electron chi connectivity index (χ2n) is 2.31. The molecule has 0 saturated carbocycles. The van der Waals surface area contributed by atoms with Gasteiger partial charge in [-0.1, -0.05) is 49.1 Å². The lowest BCUT2D eigenvalue weighted by Crippen LogP contribution is -1.76. The molecular formula is C11H12. The van der Waals surface area contributed by atoms with E-state index in [-0.39, 0.29) is 0 Å².